The van der Waals surface area contributed by atoms with Crippen LogP contribution in [0.15, 0.2) is 24.3 Å². The van der Waals surface area contributed by atoms with Crippen molar-refractivity contribution in [3.63, 3.8) is 0 Å². The van der Waals surface area contributed by atoms with Gasteiger partial charge in [0.2, 0.25) is 5.91 Å². The van der Waals surface area contributed by atoms with Gasteiger partial charge in [-0.2, -0.15) is 0 Å². The van der Waals surface area contributed by atoms with E-state index in [2.05, 4.69) is 5.32 Å². The average molecular weight is 316 g/mol. The second kappa shape index (κ2) is 6.60. The van der Waals surface area contributed by atoms with Gasteiger partial charge >= 0.3 is 0 Å². The van der Waals surface area contributed by atoms with E-state index in [0.717, 1.165) is 37.0 Å². The van der Waals surface area contributed by atoms with E-state index < -0.39 is 17.8 Å². The molecule has 4 rings (SSSR count). The maximum absolute atomic E-state index is 12.6. The molecule has 0 spiro atoms. The summed E-state index contributed by atoms with van der Waals surface area (Å²) in [6, 6.07) is 7.49. The van der Waals surface area contributed by atoms with Crippen LogP contribution in [-0.4, -0.2) is 19.0 Å². The van der Waals surface area contributed by atoms with Crippen molar-refractivity contribution >= 4 is 11.9 Å². The zero-order chi connectivity index (χ0) is 16.4. The standard InChI is InChI=1S/C18H23NO4/c1-23-14-5-3-2-4-13(14)10-19-17(20)15-11-6-8-12(9-7-11)16(15)18(21)22/h2-5,11-12,15-16H,6-10H2,1H3,(H,19,20)(H,21,22)/p-1/t11?,12?,15-,16+/m1/s1. The van der Waals surface area contributed by atoms with Gasteiger partial charge in [-0.3, -0.25) is 4.79 Å². The van der Waals surface area contributed by atoms with Gasteiger partial charge in [0.1, 0.15) is 5.75 Å². The highest BCUT2D eigenvalue weighted by Crippen LogP contribution is 2.48. The number of amides is 1. The molecule has 2 atom stereocenters. The SMILES string of the molecule is COc1ccccc1CNC(=O)[C@@H]1C2CCC(CC2)[C@@H]1C(=O)[O-]. The average Bonchev–Trinajstić information content (AvgIpc) is 2.59. The molecule has 0 unspecified atom stereocenters. The molecule has 2 bridgehead atoms. The lowest BCUT2D eigenvalue weighted by Gasteiger charge is -2.48. The van der Waals surface area contributed by atoms with E-state index in [4.69, 9.17) is 4.74 Å². The highest BCUT2D eigenvalue weighted by molar-refractivity contribution is 5.85. The third-order valence-corrected chi connectivity index (χ3v) is 5.44. The quantitative estimate of drug-likeness (QED) is 0.883. The van der Waals surface area contributed by atoms with E-state index in [-0.39, 0.29) is 17.7 Å². The molecule has 0 aliphatic heterocycles. The van der Waals surface area contributed by atoms with Crippen LogP contribution in [0.4, 0.5) is 0 Å². The number of carbonyl (C=O) groups is 2. The fourth-order valence-electron chi connectivity index (χ4n) is 4.32. The Bertz CT molecular complexity index is 592. The molecule has 1 amide bonds. The van der Waals surface area contributed by atoms with Gasteiger partial charge in [-0.15, -0.1) is 0 Å². The number of carbonyl (C=O) groups excluding carboxylic acids is 2. The van der Waals surface area contributed by atoms with E-state index in [1.807, 2.05) is 24.3 Å². The Balaban J connectivity index is 1.70. The van der Waals surface area contributed by atoms with E-state index in [1.165, 1.54) is 0 Å². The minimum atomic E-state index is -1.07. The third kappa shape index (κ3) is 3.05. The number of hydrogen-bond donors (Lipinski definition) is 1. The van der Waals surface area contributed by atoms with Crippen molar-refractivity contribution in [1.29, 1.82) is 0 Å². The summed E-state index contributed by atoms with van der Waals surface area (Å²) < 4.78 is 5.28. The maximum Gasteiger partial charge on any atom is 0.224 e. The second-order valence-electron chi connectivity index (χ2n) is 6.58. The summed E-state index contributed by atoms with van der Waals surface area (Å²) in [6.07, 6.45) is 3.70. The molecule has 3 fully saturated rings. The van der Waals surface area contributed by atoms with Gasteiger partial charge in [0.05, 0.1) is 7.11 Å². The number of ether oxygens (including phenoxy) is 1. The van der Waals surface area contributed by atoms with E-state index in [9.17, 15) is 14.7 Å². The smallest absolute Gasteiger partial charge is 0.224 e. The normalized spacial score (nSPS) is 29.1. The number of benzene rings is 1. The van der Waals surface area contributed by atoms with Crippen LogP contribution in [0.1, 0.15) is 31.2 Å². The van der Waals surface area contributed by atoms with Crippen molar-refractivity contribution in [3.8, 4) is 5.75 Å². The highest BCUT2D eigenvalue weighted by Gasteiger charge is 2.47. The number of nitrogens with one attached hydrogen (secondary N) is 1. The number of carboxylic acid groups (broad SMARTS) is 1. The molecule has 0 radical (unpaired) electrons. The van der Waals surface area contributed by atoms with E-state index >= 15 is 0 Å². The van der Waals surface area contributed by atoms with E-state index in [0.29, 0.717) is 6.54 Å². The first-order valence-electron chi connectivity index (χ1n) is 8.22. The van der Waals surface area contributed by atoms with Gasteiger partial charge in [-0.05, 0) is 43.6 Å². The van der Waals surface area contributed by atoms with Crippen LogP contribution in [0.3, 0.4) is 0 Å². The number of aliphatic carboxylic acids is 1. The molecule has 5 heteroatoms. The lowest BCUT2D eigenvalue weighted by molar-refractivity contribution is -0.318. The van der Waals surface area contributed by atoms with Crippen LogP contribution < -0.4 is 15.2 Å². The minimum Gasteiger partial charge on any atom is -0.550 e. The Morgan fingerprint density at radius 3 is 2.35 bits per heavy atom. The second-order valence-corrected chi connectivity index (χ2v) is 6.58. The molecule has 124 valence electrons. The molecule has 0 heterocycles. The minimum absolute atomic E-state index is 0.0898. The lowest BCUT2D eigenvalue weighted by atomic mass is 9.58. The van der Waals surface area contributed by atoms with Crippen molar-refractivity contribution < 1.29 is 19.4 Å². The van der Waals surface area contributed by atoms with Crippen LogP contribution in [0.25, 0.3) is 0 Å². The number of methoxy groups -OCH3 is 1. The molecule has 1 aromatic rings. The number of para-hydroxylation sites is 1. The first kappa shape index (κ1) is 15.8. The molecule has 5 nitrogen and oxygen atoms in total. The summed E-state index contributed by atoms with van der Waals surface area (Å²) in [4.78, 5) is 24.2. The van der Waals surface area contributed by atoms with Gasteiger partial charge < -0.3 is 20.0 Å². The predicted octanol–water partition coefficient (Wildman–Crippen LogP) is 1.11. The van der Waals surface area contributed by atoms with Crippen LogP contribution in [-0.2, 0) is 16.1 Å². The number of carboxylic acids is 1. The molecular formula is C18H22NO4-. The van der Waals surface area contributed by atoms with Crippen molar-refractivity contribution in [3.05, 3.63) is 29.8 Å². The zero-order valence-corrected chi connectivity index (χ0v) is 13.3. The summed E-state index contributed by atoms with van der Waals surface area (Å²) in [5.41, 5.74) is 0.884. The topological polar surface area (TPSA) is 78.5 Å². The molecular weight excluding hydrogens is 294 g/mol. The number of rotatable bonds is 5. The molecule has 0 aromatic heterocycles. The number of hydrogen-bond acceptors (Lipinski definition) is 4. The van der Waals surface area contributed by atoms with E-state index in [1.54, 1.807) is 7.11 Å². The Labute approximate surface area is 136 Å². The van der Waals surface area contributed by atoms with Gasteiger partial charge in [0.15, 0.2) is 0 Å². The predicted molar refractivity (Wildman–Crippen MR) is 82.3 cm³/mol. The maximum atomic E-state index is 12.6. The first-order valence-corrected chi connectivity index (χ1v) is 8.22. The number of fused-ring (bicyclic) bond motifs is 3. The highest BCUT2D eigenvalue weighted by atomic mass is 16.5. The summed E-state index contributed by atoms with van der Waals surface area (Å²) in [6.45, 7) is 0.344. The first-order chi connectivity index (χ1) is 11.1. The summed E-state index contributed by atoms with van der Waals surface area (Å²) in [5.74, 6) is -1.36. The van der Waals surface area contributed by atoms with Crippen molar-refractivity contribution in [2.45, 2.75) is 32.2 Å². The molecule has 23 heavy (non-hydrogen) atoms. The Morgan fingerprint density at radius 1 is 1.13 bits per heavy atom. The third-order valence-electron chi connectivity index (χ3n) is 5.44. The van der Waals surface area contributed by atoms with Gasteiger partial charge in [-0.1, -0.05) is 18.2 Å². The summed E-state index contributed by atoms with van der Waals surface area (Å²) in [7, 11) is 1.59. The van der Waals surface area contributed by atoms with Crippen LogP contribution >= 0.6 is 0 Å². The lowest BCUT2D eigenvalue weighted by Crippen LogP contribution is -2.54. The van der Waals surface area contributed by atoms with Crippen LogP contribution in [0.5, 0.6) is 5.75 Å². The van der Waals surface area contributed by atoms with Crippen molar-refractivity contribution in [2.75, 3.05) is 7.11 Å². The van der Waals surface area contributed by atoms with Crippen LogP contribution in [0.2, 0.25) is 0 Å². The van der Waals surface area contributed by atoms with Crippen molar-refractivity contribution in [2.24, 2.45) is 23.7 Å². The molecule has 0 saturated heterocycles. The molecule has 3 aliphatic carbocycles. The molecule has 1 N–H and O–H groups in total. The summed E-state index contributed by atoms with van der Waals surface area (Å²) >= 11 is 0. The molecule has 3 saturated carbocycles. The largest absolute Gasteiger partial charge is 0.550 e. The van der Waals surface area contributed by atoms with Gasteiger partial charge in [-0.25, -0.2) is 0 Å². The van der Waals surface area contributed by atoms with Crippen LogP contribution in [0, 0.1) is 23.7 Å². The van der Waals surface area contributed by atoms with Crippen molar-refractivity contribution in [1.82, 2.24) is 5.32 Å². The fourth-order valence-corrected chi connectivity index (χ4v) is 4.32. The van der Waals surface area contributed by atoms with Gasteiger partial charge in [0, 0.05) is 29.9 Å². The Morgan fingerprint density at radius 2 is 1.74 bits per heavy atom. The molecule has 1 aromatic carbocycles. The summed E-state index contributed by atoms with van der Waals surface area (Å²) in [5, 5.41) is 14.4. The fraction of sp³-hybridized carbons (Fsp3) is 0.556. The Kier molecular flexibility index (Phi) is 4.55. The van der Waals surface area contributed by atoms with Gasteiger partial charge in [0.25, 0.3) is 0 Å². The monoisotopic (exact) mass is 316 g/mol. The molecule has 3 aliphatic rings. The Hall–Kier alpha value is -2.04. The zero-order valence-electron chi connectivity index (χ0n) is 13.3.